The normalized spacial score (nSPS) is 15.4. The fourth-order valence-electron chi connectivity index (χ4n) is 3.72. The highest BCUT2D eigenvalue weighted by Crippen LogP contribution is 2.27. The van der Waals surface area contributed by atoms with E-state index in [1.807, 2.05) is 13.8 Å². The largest absolute Gasteiger partial charge is 0.457 e. The first-order valence-corrected chi connectivity index (χ1v) is 11.8. The molecule has 162 valence electrons. The van der Waals surface area contributed by atoms with Gasteiger partial charge in [-0.05, 0) is 78.6 Å². The van der Waals surface area contributed by atoms with Crippen LogP contribution in [-0.4, -0.2) is 31.8 Å². The lowest BCUT2D eigenvalue weighted by atomic mass is 9.84. The molecule has 6 heteroatoms. The van der Waals surface area contributed by atoms with E-state index in [1.54, 1.807) is 0 Å². The van der Waals surface area contributed by atoms with Crippen LogP contribution >= 0.6 is 0 Å². The molecule has 0 amide bonds. The monoisotopic (exact) mass is 429 g/mol. The van der Waals surface area contributed by atoms with Crippen LogP contribution in [-0.2, 0) is 26.8 Å². The summed E-state index contributed by atoms with van der Waals surface area (Å²) in [6.07, 6.45) is 1.78. The Balaban J connectivity index is 1.70. The summed E-state index contributed by atoms with van der Waals surface area (Å²) in [5.74, 6) is -0.459. The van der Waals surface area contributed by atoms with Crippen molar-refractivity contribution in [2.45, 2.75) is 64.4 Å². The molecule has 0 spiro atoms. The van der Waals surface area contributed by atoms with Crippen LogP contribution in [0.3, 0.4) is 0 Å². The molecule has 30 heavy (non-hydrogen) atoms. The Hall–Kier alpha value is -2.18. The summed E-state index contributed by atoms with van der Waals surface area (Å²) in [7, 11) is -3.48. The van der Waals surface area contributed by atoms with Gasteiger partial charge in [0.05, 0.1) is 10.5 Å². The Labute approximate surface area is 180 Å². The predicted molar refractivity (Wildman–Crippen MR) is 118 cm³/mol. The Morgan fingerprint density at radius 3 is 2.03 bits per heavy atom. The van der Waals surface area contributed by atoms with E-state index >= 15 is 0 Å². The first kappa shape index (κ1) is 22.5. The number of sulfonamides is 1. The average molecular weight is 430 g/mol. The van der Waals surface area contributed by atoms with E-state index in [2.05, 4.69) is 32.9 Å². The number of benzene rings is 2. The van der Waals surface area contributed by atoms with Crippen LogP contribution in [0, 0.1) is 13.8 Å². The number of carbonyl (C=O) groups excluding carboxylic acids is 1. The average Bonchev–Trinajstić information content (AvgIpc) is 3.22. The molecule has 1 fully saturated rings. The van der Waals surface area contributed by atoms with Crippen molar-refractivity contribution in [3.05, 3.63) is 64.2 Å². The van der Waals surface area contributed by atoms with Crippen LogP contribution in [0.5, 0.6) is 0 Å². The van der Waals surface area contributed by atoms with Gasteiger partial charge in [-0.15, -0.1) is 0 Å². The Kier molecular flexibility index (Phi) is 6.39. The quantitative estimate of drug-likeness (QED) is 0.644. The molecule has 5 nitrogen and oxygen atoms in total. The van der Waals surface area contributed by atoms with Crippen LogP contribution in [0.15, 0.2) is 41.3 Å². The molecule has 0 N–H and O–H groups in total. The first-order valence-electron chi connectivity index (χ1n) is 10.4. The molecular weight excluding hydrogens is 398 g/mol. The third-order valence-corrected chi connectivity index (χ3v) is 7.62. The number of esters is 1. The van der Waals surface area contributed by atoms with Crippen molar-refractivity contribution < 1.29 is 17.9 Å². The van der Waals surface area contributed by atoms with Crippen molar-refractivity contribution in [3.8, 4) is 0 Å². The van der Waals surface area contributed by atoms with Gasteiger partial charge in [-0.25, -0.2) is 13.2 Å². The first-order chi connectivity index (χ1) is 14.0. The lowest BCUT2D eigenvalue weighted by Crippen LogP contribution is -2.27. The van der Waals surface area contributed by atoms with Crippen LogP contribution in [0.2, 0.25) is 0 Å². The van der Waals surface area contributed by atoms with Gasteiger partial charge in [0.15, 0.2) is 0 Å². The molecule has 0 unspecified atom stereocenters. The van der Waals surface area contributed by atoms with E-state index in [4.69, 9.17) is 4.74 Å². The topological polar surface area (TPSA) is 63.7 Å². The van der Waals surface area contributed by atoms with Gasteiger partial charge in [0.1, 0.15) is 6.61 Å². The minimum atomic E-state index is -3.48. The molecule has 1 aliphatic heterocycles. The summed E-state index contributed by atoms with van der Waals surface area (Å²) in [5, 5.41) is 0. The molecule has 0 atom stereocenters. The third-order valence-electron chi connectivity index (χ3n) is 5.70. The van der Waals surface area contributed by atoms with Gasteiger partial charge in [-0.3, -0.25) is 0 Å². The van der Waals surface area contributed by atoms with Crippen molar-refractivity contribution in [2.75, 3.05) is 13.1 Å². The minimum absolute atomic E-state index is 0.0574. The van der Waals surface area contributed by atoms with Crippen LogP contribution in [0.4, 0.5) is 0 Å². The van der Waals surface area contributed by atoms with Crippen LogP contribution < -0.4 is 0 Å². The molecule has 0 saturated carbocycles. The molecule has 0 aliphatic carbocycles. The summed E-state index contributed by atoms with van der Waals surface area (Å²) in [6.45, 7) is 11.9. The molecule has 1 saturated heterocycles. The van der Waals surface area contributed by atoms with Crippen LogP contribution in [0.25, 0.3) is 0 Å². The molecule has 0 aromatic heterocycles. The van der Waals surface area contributed by atoms with E-state index in [-0.39, 0.29) is 16.9 Å². The number of hydrogen-bond donors (Lipinski definition) is 0. The maximum Gasteiger partial charge on any atom is 0.338 e. The smallest absolute Gasteiger partial charge is 0.338 e. The highest BCUT2D eigenvalue weighted by atomic mass is 32.2. The summed E-state index contributed by atoms with van der Waals surface area (Å²) in [4.78, 5) is 12.7. The molecule has 3 rings (SSSR count). The zero-order chi connectivity index (χ0) is 22.1. The second-order valence-electron chi connectivity index (χ2n) is 9.05. The number of nitrogens with zero attached hydrogens (tertiary/aromatic N) is 1. The zero-order valence-electron chi connectivity index (χ0n) is 18.5. The van der Waals surface area contributed by atoms with Crippen molar-refractivity contribution >= 4 is 16.0 Å². The van der Waals surface area contributed by atoms with Crippen molar-refractivity contribution in [3.63, 3.8) is 0 Å². The standard InChI is InChI=1S/C24H31NO4S/c1-17-14-20(24(3,4)5)15-18(2)22(17)16-29-23(26)19-8-10-21(11-9-19)30(27,28)25-12-6-7-13-25/h8-11,14-15H,6-7,12-13,16H2,1-5H3. The second-order valence-corrected chi connectivity index (χ2v) is 11.0. The van der Waals surface area contributed by atoms with E-state index in [1.165, 1.54) is 34.1 Å². The van der Waals surface area contributed by atoms with Gasteiger partial charge in [-0.1, -0.05) is 32.9 Å². The molecule has 0 radical (unpaired) electrons. The number of rotatable bonds is 5. The summed E-state index contributed by atoms with van der Waals surface area (Å²) in [5.41, 5.74) is 4.85. The molecule has 1 heterocycles. The second kappa shape index (κ2) is 8.52. The highest BCUT2D eigenvalue weighted by Gasteiger charge is 2.27. The van der Waals surface area contributed by atoms with E-state index in [9.17, 15) is 13.2 Å². The van der Waals surface area contributed by atoms with Crippen molar-refractivity contribution in [2.24, 2.45) is 0 Å². The number of hydrogen-bond acceptors (Lipinski definition) is 4. The van der Waals surface area contributed by atoms with Gasteiger partial charge < -0.3 is 4.74 Å². The molecular formula is C24H31NO4S. The Morgan fingerprint density at radius 1 is 1.00 bits per heavy atom. The maximum absolute atomic E-state index is 12.6. The van der Waals surface area contributed by atoms with E-state index in [0.717, 1.165) is 29.5 Å². The lowest BCUT2D eigenvalue weighted by Gasteiger charge is -2.22. The highest BCUT2D eigenvalue weighted by molar-refractivity contribution is 7.89. The van der Waals surface area contributed by atoms with Gasteiger partial charge in [0.25, 0.3) is 0 Å². The van der Waals surface area contributed by atoms with Crippen molar-refractivity contribution in [1.29, 1.82) is 0 Å². The number of carbonyl (C=O) groups is 1. The Bertz CT molecular complexity index is 1000. The number of aryl methyl sites for hydroxylation is 2. The fraction of sp³-hybridized carbons (Fsp3) is 0.458. The van der Waals surface area contributed by atoms with E-state index in [0.29, 0.717) is 18.7 Å². The Morgan fingerprint density at radius 2 is 1.53 bits per heavy atom. The summed E-state index contributed by atoms with van der Waals surface area (Å²) >= 11 is 0. The van der Waals surface area contributed by atoms with Gasteiger partial charge >= 0.3 is 5.97 Å². The van der Waals surface area contributed by atoms with Gasteiger partial charge in [0, 0.05) is 13.1 Å². The van der Waals surface area contributed by atoms with E-state index < -0.39 is 16.0 Å². The maximum atomic E-state index is 12.6. The summed E-state index contributed by atoms with van der Waals surface area (Å²) in [6, 6.07) is 10.3. The minimum Gasteiger partial charge on any atom is -0.457 e. The molecule has 2 aromatic rings. The van der Waals surface area contributed by atoms with Crippen molar-refractivity contribution in [1.82, 2.24) is 4.31 Å². The SMILES string of the molecule is Cc1cc(C(C)(C)C)cc(C)c1COC(=O)c1ccc(S(=O)(=O)N2CCCC2)cc1. The number of ether oxygens (including phenoxy) is 1. The third kappa shape index (κ3) is 4.76. The van der Waals surface area contributed by atoms with Gasteiger partial charge in [-0.2, -0.15) is 4.31 Å². The molecule has 0 bridgehead atoms. The lowest BCUT2D eigenvalue weighted by molar-refractivity contribution is 0.0471. The fourth-order valence-corrected chi connectivity index (χ4v) is 5.23. The van der Waals surface area contributed by atoms with Crippen LogP contribution in [0.1, 0.15) is 66.2 Å². The van der Waals surface area contributed by atoms with Gasteiger partial charge in [0.2, 0.25) is 10.0 Å². The summed E-state index contributed by atoms with van der Waals surface area (Å²) < 4.78 is 32.2. The molecule has 2 aromatic carbocycles. The predicted octanol–water partition coefficient (Wildman–Crippen LogP) is 4.74. The zero-order valence-corrected chi connectivity index (χ0v) is 19.3. The molecule has 1 aliphatic rings.